The van der Waals surface area contributed by atoms with Crippen LogP contribution in [0.15, 0.2) is 35.4 Å². The molecule has 0 saturated carbocycles. The molecule has 0 atom stereocenters. The molecule has 2 aromatic rings. The summed E-state index contributed by atoms with van der Waals surface area (Å²) >= 11 is 0. The fraction of sp³-hybridized carbons (Fsp3) is 0.182. The number of carbonyl (C=O) groups is 1. The average Bonchev–Trinajstić information content (AvgIpc) is 2.67. The minimum absolute atomic E-state index is 0.0896. The van der Waals surface area contributed by atoms with E-state index in [1.165, 1.54) is 22.9 Å². The fourth-order valence-electron chi connectivity index (χ4n) is 1.51. The molecule has 0 unspecified atom stereocenters. The Morgan fingerprint density at radius 1 is 1.41 bits per heavy atom. The van der Waals surface area contributed by atoms with Gasteiger partial charge in [-0.25, -0.2) is 4.79 Å². The van der Waals surface area contributed by atoms with Gasteiger partial charge in [0.15, 0.2) is 0 Å². The van der Waals surface area contributed by atoms with Gasteiger partial charge in [-0.3, -0.25) is 9.48 Å². The van der Waals surface area contributed by atoms with Crippen molar-refractivity contribution < 1.29 is 9.90 Å². The molecule has 6 nitrogen and oxygen atoms in total. The maximum atomic E-state index is 11.6. The molecular formula is C11H11N3O3. The summed E-state index contributed by atoms with van der Waals surface area (Å²) in [4.78, 5) is 22.4. The van der Waals surface area contributed by atoms with Crippen molar-refractivity contribution in [2.75, 3.05) is 0 Å². The van der Waals surface area contributed by atoms with E-state index in [1.54, 1.807) is 24.0 Å². The van der Waals surface area contributed by atoms with Gasteiger partial charge in [0, 0.05) is 25.5 Å². The lowest BCUT2D eigenvalue weighted by molar-refractivity contribution is 0.0696. The minimum atomic E-state index is -1.05. The van der Waals surface area contributed by atoms with Gasteiger partial charge in [-0.15, -0.1) is 0 Å². The second-order valence-electron chi connectivity index (χ2n) is 3.64. The van der Waals surface area contributed by atoms with Gasteiger partial charge in [0.25, 0.3) is 5.56 Å². The zero-order chi connectivity index (χ0) is 12.4. The Morgan fingerprint density at radius 3 is 2.76 bits per heavy atom. The Hall–Kier alpha value is -2.37. The molecule has 0 bridgehead atoms. The van der Waals surface area contributed by atoms with E-state index in [0.29, 0.717) is 6.54 Å². The highest BCUT2D eigenvalue weighted by molar-refractivity contribution is 5.87. The van der Waals surface area contributed by atoms with Crippen molar-refractivity contribution in [3.8, 4) is 0 Å². The molecule has 17 heavy (non-hydrogen) atoms. The first-order valence-corrected chi connectivity index (χ1v) is 4.98. The molecule has 1 N–H and O–H groups in total. The lowest BCUT2D eigenvalue weighted by Crippen LogP contribution is -2.21. The van der Waals surface area contributed by atoms with Gasteiger partial charge in [0.1, 0.15) is 0 Å². The van der Waals surface area contributed by atoms with Crippen LogP contribution >= 0.6 is 0 Å². The Morgan fingerprint density at radius 2 is 2.18 bits per heavy atom. The number of pyridine rings is 1. The standard InChI is InChI=1S/C11H11N3O3/c1-13-9(4-5-12-13)7-14-6-8(11(16)17)2-3-10(14)15/h2-6H,7H2,1H3,(H,16,17). The fourth-order valence-corrected chi connectivity index (χ4v) is 1.51. The van der Waals surface area contributed by atoms with Crippen LogP contribution in [0, 0.1) is 0 Å². The third kappa shape index (κ3) is 2.25. The van der Waals surface area contributed by atoms with E-state index in [4.69, 9.17) is 5.11 Å². The molecule has 0 aliphatic rings. The topological polar surface area (TPSA) is 77.1 Å². The van der Waals surface area contributed by atoms with Crippen LogP contribution < -0.4 is 5.56 Å². The average molecular weight is 233 g/mol. The summed E-state index contributed by atoms with van der Waals surface area (Å²) in [6, 6.07) is 4.32. The molecule has 0 aliphatic carbocycles. The lowest BCUT2D eigenvalue weighted by Gasteiger charge is -2.06. The van der Waals surface area contributed by atoms with Crippen LogP contribution in [0.3, 0.4) is 0 Å². The van der Waals surface area contributed by atoms with E-state index in [2.05, 4.69) is 5.10 Å². The molecule has 0 aromatic carbocycles. The normalized spacial score (nSPS) is 10.4. The number of rotatable bonds is 3. The molecule has 0 fully saturated rings. The summed E-state index contributed by atoms with van der Waals surface area (Å²) in [5, 5.41) is 12.8. The van der Waals surface area contributed by atoms with Gasteiger partial charge in [0.05, 0.1) is 17.8 Å². The molecule has 0 amide bonds. The van der Waals surface area contributed by atoms with Crippen molar-refractivity contribution in [3.63, 3.8) is 0 Å². The maximum Gasteiger partial charge on any atom is 0.337 e. The van der Waals surface area contributed by atoms with Crippen molar-refractivity contribution in [2.45, 2.75) is 6.54 Å². The van der Waals surface area contributed by atoms with Gasteiger partial charge in [-0.2, -0.15) is 5.10 Å². The van der Waals surface area contributed by atoms with Crippen LogP contribution in [0.4, 0.5) is 0 Å². The van der Waals surface area contributed by atoms with Crippen LogP contribution in [-0.2, 0) is 13.6 Å². The number of aryl methyl sites for hydroxylation is 1. The van der Waals surface area contributed by atoms with Crippen molar-refractivity contribution in [3.05, 3.63) is 52.2 Å². The first kappa shape index (κ1) is 11.1. The lowest BCUT2D eigenvalue weighted by atomic mass is 10.3. The van der Waals surface area contributed by atoms with Gasteiger partial charge in [-0.1, -0.05) is 0 Å². The van der Waals surface area contributed by atoms with Gasteiger partial charge in [-0.05, 0) is 12.1 Å². The molecule has 0 radical (unpaired) electrons. The van der Waals surface area contributed by atoms with Crippen molar-refractivity contribution in [1.29, 1.82) is 0 Å². The van der Waals surface area contributed by atoms with Crippen LogP contribution in [0.2, 0.25) is 0 Å². The smallest absolute Gasteiger partial charge is 0.337 e. The molecule has 0 saturated heterocycles. The second kappa shape index (κ2) is 4.25. The first-order valence-electron chi connectivity index (χ1n) is 4.98. The van der Waals surface area contributed by atoms with E-state index in [0.717, 1.165) is 5.69 Å². The molecule has 2 rings (SSSR count). The zero-order valence-electron chi connectivity index (χ0n) is 9.20. The Balaban J connectivity index is 2.39. The first-order chi connectivity index (χ1) is 8.08. The zero-order valence-corrected chi connectivity index (χ0v) is 9.20. The number of aromatic nitrogens is 3. The SMILES string of the molecule is Cn1nccc1Cn1cc(C(=O)O)ccc1=O. The minimum Gasteiger partial charge on any atom is -0.478 e. The Labute approximate surface area is 96.7 Å². The Bertz CT molecular complexity index is 612. The third-order valence-corrected chi connectivity index (χ3v) is 2.49. The number of hydrogen-bond acceptors (Lipinski definition) is 3. The predicted molar refractivity (Wildman–Crippen MR) is 60.0 cm³/mol. The number of aromatic carboxylic acids is 1. The summed E-state index contributed by atoms with van der Waals surface area (Å²) < 4.78 is 2.99. The van der Waals surface area contributed by atoms with Gasteiger partial charge < -0.3 is 9.67 Å². The largest absolute Gasteiger partial charge is 0.478 e. The monoisotopic (exact) mass is 233 g/mol. The molecule has 2 heterocycles. The van der Waals surface area contributed by atoms with Crippen LogP contribution in [0.25, 0.3) is 0 Å². The number of carboxylic acid groups (broad SMARTS) is 1. The maximum absolute atomic E-state index is 11.6. The van der Waals surface area contributed by atoms with Gasteiger partial charge in [0.2, 0.25) is 0 Å². The molecular weight excluding hydrogens is 222 g/mol. The molecule has 6 heteroatoms. The highest BCUT2D eigenvalue weighted by Gasteiger charge is 2.06. The second-order valence-corrected chi connectivity index (χ2v) is 3.64. The molecule has 88 valence electrons. The molecule has 0 aliphatic heterocycles. The van der Waals surface area contributed by atoms with Crippen LogP contribution in [-0.4, -0.2) is 25.4 Å². The number of hydrogen-bond donors (Lipinski definition) is 1. The predicted octanol–water partition coefficient (Wildman–Crippen LogP) is 0.328. The van der Waals surface area contributed by atoms with Crippen molar-refractivity contribution >= 4 is 5.97 Å². The van der Waals surface area contributed by atoms with Crippen molar-refractivity contribution in [2.24, 2.45) is 7.05 Å². The van der Waals surface area contributed by atoms with Crippen LogP contribution in [0.1, 0.15) is 16.1 Å². The molecule has 0 spiro atoms. The number of nitrogens with zero attached hydrogens (tertiary/aromatic N) is 3. The quantitative estimate of drug-likeness (QED) is 0.828. The van der Waals surface area contributed by atoms with E-state index < -0.39 is 5.97 Å². The van der Waals surface area contributed by atoms with Crippen molar-refractivity contribution in [1.82, 2.24) is 14.3 Å². The summed E-state index contributed by atoms with van der Waals surface area (Å²) in [6.07, 6.45) is 2.96. The van der Waals surface area contributed by atoms with Gasteiger partial charge >= 0.3 is 5.97 Å². The summed E-state index contributed by atoms with van der Waals surface area (Å²) in [7, 11) is 1.77. The van der Waals surface area contributed by atoms with E-state index in [9.17, 15) is 9.59 Å². The summed E-state index contributed by atoms with van der Waals surface area (Å²) in [5.74, 6) is -1.05. The molecule has 2 aromatic heterocycles. The number of carboxylic acids is 1. The third-order valence-electron chi connectivity index (χ3n) is 2.49. The van der Waals surface area contributed by atoms with E-state index in [-0.39, 0.29) is 11.1 Å². The Kier molecular flexibility index (Phi) is 2.78. The summed E-state index contributed by atoms with van der Waals surface area (Å²) in [6.45, 7) is 0.302. The van der Waals surface area contributed by atoms with Crippen LogP contribution in [0.5, 0.6) is 0 Å². The summed E-state index contributed by atoms with van der Waals surface area (Å²) in [5.41, 5.74) is 0.678. The van der Waals surface area contributed by atoms with E-state index >= 15 is 0 Å². The van der Waals surface area contributed by atoms with E-state index in [1.807, 2.05) is 0 Å². The highest BCUT2D eigenvalue weighted by atomic mass is 16.4. The highest BCUT2D eigenvalue weighted by Crippen LogP contribution is 2.01.